The number of hydrogen-bond donors (Lipinski definition) is 0. The molecular formula is C8H8BrClFN. The van der Waals surface area contributed by atoms with E-state index in [4.69, 9.17) is 11.6 Å². The Labute approximate surface area is 84.1 Å². The van der Waals surface area contributed by atoms with E-state index in [1.165, 1.54) is 12.3 Å². The highest BCUT2D eigenvalue weighted by Crippen LogP contribution is 2.14. The number of aromatic nitrogens is 1. The molecule has 66 valence electrons. The standard InChI is InChI=1S/C8H8BrClFN/c1-5(9)2-8-7(11)3-6(10)4-12-8/h3-5H,2H2,1H3. The van der Waals surface area contributed by atoms with Crippen LogP contribution in [0.4, 0.5) is 4.39 Å². The van der Waals surface area contributed by atoms with Crippen molar-refractivity contribution in [3.63, 3.8) is 0 Å². The van der Waals surface area contributed by atoms with E-state index in [0.717, 1.165) is 0 Å². The van der Waals surface area contributed by atoms with Crippen molar-refractivity contribution in [3.05, 3.63) is 28.8 Å². The van der Waals surface area contributed by atoms with Crippen LogP contribution in [-0.2, 0) is 6.42 Å². The fourth-order valence-corrected chi connectivity index (χ4v) is 1.31. The molecule has 0 fully saturated rings. The number of rotatable bonds is 2. The lowest BCUT2D eigenvalue weighted by Crippen LogP contribution is -2.02. The van der Waals surface area contributed by atoms with Crippen LogP contribution in [0.15, 0.2) is 12.3 Å². The number of hydrogen-bond acceptors (Lipinski definition) is 1. The molecule has 0 spiro atoms. The maximum Gasteiger partial charge on any atom is 0.146 e. The van der Waals surface area contributed by atoms with Crippen molar-refractivity contribution in [3.8, 4) is 0 Å². The van der Waals surface area contributed by atoms with Gasteiger partial charge in [0, 0.05) is 17.4 Å². The van der Waals surface area contributed by atoms with Crippen LogP contribution < -0.4 is 0 Å². The Kier molecular flexibility index (Phi) is 3.47. The third-order valence-corrected chi connectivity index (χ3v) is 1.89. The van der Waals surface area contributed by atoms with Crippen molar-refractivity contribution in [2.45, 2.75) is 18.2 Å². The molecule has 0 aromatic carbocycles. The molecule has 0 amide bonds. The number of halogens is 3. The molecule has 0 saturated carbocycles. The van der Waals surface area contributed by atoms with E-state index < -0.39 is 0 Å². The average molecular weight is 253 g/mol. The second kappa shape index (κ2) is 4.19. The van der Waals surface area contributed by atoms with Gasteiger partial charge in [0.05, 0.1) is 10.7 Å². The van der Waals surface area contributed by atoms with Crippen molar-refractivity contribution in [2.75, 3.05) is 0 Å². The van der Waals surface area contributed by atoms with E-state index in [1.54, 1.807) is 0 Å². The van der Waals surface area contributed by atoms with Gasteiger partial charge in [0.1, 0.15) is 5.82 Å². The van der Waals surface area contributed by atoms with Gasteiger partial charge in [-0.2, -0.15) is 0 Å². The normalized spacial score (nSPS) is 13.0. The molecule has 1 nitrogen and oxygen atoms in total. The summed E-state index contributed by atoms with van der Waals surface area (Å²) in [7, 11) is 0. The highest BCUT2D eigenvalue weighted by molar-refractivity contribution is 9.09. The maximum absolute atomic E-state index is 13.0. The van der Waals surface area contributed by atoms with Crippen LogP contribution in [0.5, 0.6) is 0 Å². The van der Waals surface area contributed by atoms with E-state index in [-0.39, 0.29) is 10.6 Å². The zero-order valence-electron chi connectivity index (χ0n) is 6.52. The lowest BCUT2D eigenvalue weighted by molar-refractivity contribution is 0.598. The van der Waals surface area contributed by atoms with Crippen molar-refractivity contribution in [2.24, 2.45) is 0 Å². The monoisotopic (exact) mass is 251 g/mol. The summed E-state index contributed by atoms with van der Waals surface area (Å²) in [5.41, 5.74) is 0.448. The smallest absolute Gasteiger partial charge is 0.146 e. The summed E-state index contributed by atoms with van der Waals surface area (Å²) in [6.07, 6.45) is 2.03. The minimum Gasteiger partial charge on any atom is -0.257 e. The third-order valence-electron chi connectivity index (χ3n) is 1.36. The average Bonchev–Trinajstić information content (AvgIpc) is 1.94. The van der Waals surface area contributed by atoms with Crippen LogP contribution in [0.3, 0.4) is 0 Å². The zero-order valence-corrected chi connectivity index (χ0v) is 8.86. The van der Waals surface area contributed by atoms with Crippen LogP contribution in [0.25, 0.3) is 0 Å². The molecule has 1 heterocycles. The molecule has 0 aliphatic rings. The third kappa shape index (κ3) is 2.72. The first-order chi connectivity index (χ1) is 5.59. The van der Waals surface area contributed by atoms with E-state index in [9.17, 15) is 4.39 Å². The Hall–Kier alpha value is -0.150. The topological polar surface area (TPSA) is 12.9 Å². The Balaban J connectivity index is 2.86. The summed E-state index contributed by atoms with van der Waals surface area (Å²) in [6, 6.07) is 1.28. The first-order valence-corrected chi connectivity index (χ1v) is 4.83. The molecule has 1 rings (SSSR count). The van der Waals surface area contributed by atoms with E-state index in [1.807, 2.05) is 6.92 Å². The van der Waals surface area contributed by atoms with E-state index in [2.05, 4.69) is 20.9 Å². The number of pyridine rings is 1. The van der Waals surface area contributed by atoms with Crippen LogP contribution in [0, 0.1) is 5.82 Å². The largest absolute Gasteiger partial charge is 0.257 e. The molecule has 1 aromatic heterocycles. The summed E-state index contributed by atoms with van der Waals surface area (Å²) in [6.45, 7) is 1.94. The first-order valence-electron chi connectivity index (χ1n) is 3.53. The molecule has 0 aliphatic heterocycles. The fraction of sp³-hybridized carbons (Fsp3) is 0.375. The Bertz CT molecular complexity index is 278. The summed E-state index contributed by atoms with van der Waals surface area (Å²) >= 11 is 8.86. The Morgan fingerprint density at radius 2 is 2.42 bits per heavy atom. The Morgan fingerprint density at radius 1 is 1.75 bits per heavy atom. The van der Waals surface area contributed by atoms with Gasteiger partial charge in [0.15, 0.2) is 0 Å². The molecule has 0 bridgehead atoms. The maximum atomic E-state index is 13.0. The highest BCUT2D eigenvalue weighted by Gasteiger charge is 2.06. The van der Waals surface area contributed by atoms with Gasteiger partial charge in [-0.05, 0) is 6.07 Å². The lowest BCUT2D eigenvalue weighted by Gasteiger charge is -2.03. The SMILES string of the molecule is CC(Br)Cc1ncc(Cl)cc1F. The quantitative estimate of drug-likeness (QED) is 0.737. The van der Waals surface area contributed by atoms with Gasteiger partial charge in [0.25, 0.3) is 0 Å². The molecule has 1 unspecified atom stereocenters. The summed E-state index contributed by atoms with van der Waals surface area (Å²) in [5, 5.41) is 0.332. The van der Waals surface area contributed by atoms with Gasteiger partial charge in [-0.3, -0.25) is 4.98 Å². The predicted octanol–water partition coefficient (Wildman–Crippen LogP) is 3.20. The zero-order chi connectivity index (χ0) is 9.14. The van der Waals surface area contributed by atoms with Gasteiger partial charge < -0.3 is 0 Å². The van der Waals surface area contributed by atoms with Crippen LogP contribution >= 0.6 is 27.5 Å². The highest BCUT2D eigenvalue weighted by atomic mass is 79.9. The van der Waals surface area contributed by atoms with Crippen molar-refractivity contribution in [1.82, 2.24) is 4.98 Å². The summed E-state index contributed by atoms with van der Waals surface area (Å²) in [5.74, 6) is -0.339. The molecule has 0 radical (unpaired) electrons. The van der Waals surface area contributed by atoms with Crippen molar-refractivity contribution < 1.29 is 4.39 Å². The molecule has 0 N–H and O–H groups in total. The molecular weight excluding hydrogens is 244 g/mol. The molecule has 12 heavy (non-hydrogen) atoms. The van der Waals surface area contributed by atoms with Crippen molar-refractivity contribution in [1.29, 1.82) is 0 Å². The predicted molar refractivity (Wildman–Crippen MR) is 51.3 cm³/mol. The lowest BCUT2D eigenvalue weighted by atomic mass is 10.2. The van der Waals surface area contributed by atoms with Crippen LogP contribution in [0.2, 0.25) is 5.02 Å². The summed E-state index contributed by atoms with van der Waals surface area (Å²) in [4.78, 5) is 4.10. The Morgan fingerprint density at radius 3 is 2.92 bits per heavy atom. The van der Waals surface area contributed by atoms with E-state index >= 15 is 0 Å². The second-order valence-corrected chi connectivity index (χ2v) is 4.57. The molecule has 1 aromatic rings. The minimum atomic E-state index is -0.339. The van der Waals surface area contributed by atoms with Crippen LogP contribution in [0.1, 0.15) is 12.6 Å². The van der Waals surface area contributed by atoms with Gasteiger partial charge in [-0.1, -0.05) is 34.5 Å². The van der Waals surface area contributed by atoms with Gasteiger partial charge >= 0.3 is 0 Å². The van der Waals surface area contributed by atoms with Gasteiger partial charge in [0.2, 0.25) is 0 Å². The molecule has 0 aliphatic carbocycles. The molecule has 4 heteroatoms. The fourth-order valence-electron chi connectivity index (χ4n) is 0.860. The number of alkyl halides is 1. The molecule has 1 atom stereocenters. The van der Waals surface area contributed by atoms with Crippen LogP contribution in [-0.4, -0.2) is 9.81 Å². The second-order valence-electron chi connectivity index (χ2n) is 2.57. The van der Waals surface area contributed by atoms with Gasteiger partial charge in [-0.15, -0.1) is 0 Å². The van der Waals surface area contributed by atoms with Crippen molar-refractivity contribution >= 4 is 27.5 Å². The van der Waals surface area contributed by atoms with E-state index in [0.29, 0.717) is 17.1 Å². The number of nitrogens with zero attached hydrogens (tertiary/aromatic N) is 1. The molecule has 0 saturated heterocycles. The van der Waals surface area contributed by atoms with Gasteiger partial charge in [-0.25, -0.2) is 4.39 Å². The summed E-state index contributed by atoms with van der Waals surface area (Å²) < 4.78 is 13.0. The minimum absolute atomic E-state index is 0.223. The first kappa shape index (κ1) is 9.93.